The van der Waals surface area contributed by atoms with Crippen LogP contribution in [0, 0.1) is 11.6 Å². The Kier molecular flexibility index (Phi) is 6.53. The predicted octanol–water partition coefficient (Wildman–Crippen LogP) is 3.35. The van der Waals surface area contributed by atoms with Crippen LogP contribution in [0.5, 0.6) is 0 Å². The van der Waals surface area contributed by atoms with Gasteiger partial charge < -0.3 is 4.90 Å². The summed E-state index contributed by atoms with van der Waals surface area (Å²) in [6.45, 7) is 0.650. The summed E-state index contributed by atoms with van der Waals surface area (Å²) < 4.78 is 26.6. The van der Waals surface area contributed by atoms with Gasteiger partial charge in [-0.1, -0.05) is 24.3 Å². The fourth-order valence-electron chi connectivity index (χ4n) is 3.41. The highest BCUT2D eigenvalue weighted by molar-refractivity contribution is 5.78. The first-order valence-electron chi connectivity index (χ1n) is 9.26. The van der Waals surface area contributed by atoms with Crippen molar-refractivity contribution in [2.75, 3.05) is 13.6 Å². The molecule has 1 saturated heterocycles. The molecule has 2 N–H and O–H groups in total. The molecule has 1 aliphatic heterocycles. The summed E-state index contributed by atoms with van der Waals surface area (Å²) in [6.07, 6.45) is 2.86. The molecule has 0 aliphatic carbocycles. The second-order valence-corrected chi connectivity index (χ2v) is 7.09. The summed E-state index contributed by atoms with van der Waals surface area (Å²) in [5.41, 5.74) is 8.10. The van der Waals surface area contributed by atoms with Gasteiger partial charge in [0.2, 0.25) is 5.91 Å². The first-order valence-corrected chi connectivity index (χ1v) is 9.26. The zero-order chi connectivity index (χ0) is 19.2. The molecule has 2 atom stereocenters. The first kappa shape index (κ1) is 19.5. The van der Waals surface area contributed by atoms with E-state index in [2.05, 4.69) is 10.9 Å². The number of hydrazine groups is 1. The molecule has 1 heterocycles. The SMILES string of the molecule is CN(CCCC1CC(c2cccc(F)c2)NN1)C(=O)Cc1cccc(F)c1. The van der Waals surface area contributed by atoms with Crippen molar-refractivity contribution in [1.29, 1.82) is 0 Å². The molecular weight excluding hydrogens is 348 g/mol. The molecule has 144 valence electrons. The fourth-order valence-corrected chi connectivity index (χ4v) is 3.41. The van der Waals surface area contributed by atoms with Crippen LogP contribution in [0.2, 0.25) is 0 Å². The monoisotopic (exact) mass is 373 g/mol. The van der Waals surface area contributed by atoms with E-state index in [4.69, 9.17) is 0 Å². The van der Waals surface area contributed by atoms with Crippen LogP contribution in [-0.4, -0.2) is 30.4 Å². The van der Waals surface area contributed by atoms with Crippen LogP contribution in [0.4, 0.5) is 8.78 Å². The normalized spacial score (nSPS) is 19.2. The van der Waals surface area contributed by atoms with Crippen molar-refractivity contribution in [2.24, 2.45) is 0 Å². The van der Waals surface area contributed by atoms with Gasteiger partial charge in [-0.25, -0.2) is 8.78 Å². The number of amides is 1. The number of hydrogen-bond acceptors (Lipinski definition) is 3. The second kappa shape index (κ2) is 9.06. The Morgan fingerprint density at radius 1 is 1.11 bits per heavy atom. The van der Waals surface area contributed by atoms with E-state index in [1.54, 1.807) is 36.2 Å². The number of carbonyl (C=O) groups is 1. The molecule has 0 radical (unpaired) electrons. The zero-order valence-corrected chi connectivity index (χ0v) is 15.4. The van der Waals surface area contributed by atoms with Crippen LogP contribution in [-0.2, 0) is 11.2 Å². The molecule has 27 heavy (non-hydrogen) atoms. The Balaban J connectivity index is 1.40. The lowest BCUT2D eigenvalue weighted by molar-refractivity contribution is -0.129. The van der Waals surface area contributed by atoms with Gasteiger partial charge in [-0.2, -0.15) is 0 Å². The summed E-state index contributed by atoms with van der Waals surface area (Å²) in [4.78, 5) is 14.0. The molecule has 0 aromatic heterocycles. The van der Waals surface area contributed by atoms with Crippen molar-refractivity contribution in [3.8, 4) is 0 Å². The van der Waals surface area contributed by atoms with E-state index in [9.17, 15) is 13.6 Å². The number of halogens is 2. The summed E-state index contributed by atoms with van der Waals surface area (Å²) in [6, 6.07) is 13.2. The Morgan fingerprint density at radius 3 is 2.59 bits per heavy atom. The summed E-state index contributed by atoms with van der Waals surface area (Å²) in [7, 11) is 1.78. The quantitative estimate of drug-likeness (QED) is 0.782. The maximum absolute atomic E-state index is 13.4. The van der Waals surface area contributed by atoms with E-state index in [1.807, 2.05) is 6.07 Å². The lowest BCUT2D eigenvalue weighted by Gasteiger charge is -2.18. The third-order valence-electron chi connectivity index (χ3n) is 4.95. The van der Waals surface area contributed by atoms with Crippen molar-refractivity contribution < 1.29 is 13.6 Å². The smallest absolute Gasteiger partial charge is 0.226 e. The highest BCUT2D eigenvalue weighted by Crippen LogP contribution is 2.24. The van der Waals surface area contributed by atoms with Crippen molar-refractivity contribution >= 4 is 5.91 Å². The maximum atomic E-state index is 13.4. The molecule has 2 unspecified atom stereocenters. The van der Waals surface area contributed by atoms with Crippen molar-refractivity contribution in [2.45, 2.75) is 37.8 Å². The van der Waals surface area contributed by atoms with Gasteiger partial charge in [0.15, 0.2) is 0 Å². The third-order valence-corrected chi connectivity index (χ3v) is 4.95. The number of nitrogens with zero attached hydrogens (tertiary/aromatic N) is 1. The lowest BCUT2D eigenvalue weighted by Crippen LogP contribution is -2.33. The van der Waals surface area contributed by atoms with E-state index in [1.165, 1.54) is 18.2 Å². The molecule has 0 spiro atoms. The van der Waals surface area contributed by atoms with Crippen LogP contribution < -0.4 is 10.9 Å². The lowest BCUT2D eigenvalue weighted by atomic mass is 9.99. The number of carbonyl (C=O) groups excluding carboxylic acids is 1. The molecule has 3 rings (SSSR count). The van der Waals surface area contributed by atoms with Gasteiger partial charge in [-0.15, -0.1) is 0 Å². The van der Waals surface area contributed by atoms with Crippen molar-refractivity contribution in [3.63, 3.8) is 0 Å². The molecule has 2 aromatic carbocycles. The van der Waals surface area contributed by atoms with E-state index < -0.39 is 0 Å². The van der Waals surface area contributed by atoms with E-state index in [0.717, 1.165) is 24.8 Å². The fraction of sp³-hybridized carbons (Fsp3) is 0.381. The molecule has 0 bridgehead atoms. The predicted molar refractivity (Wildman–Crippen MR) is 101 cm³/mol. The average molecular weight is 373 g/mol. The topological polar surface area (TPSA) is 44.4 Å². The number of likely N-dealkylation sites (N-methyl/N-ethyl adjacent to an activating group) is 1. The van der Waals surface area contributed by atoms with Gasteiger partial charge in [0.25, 0.3) is 0 Å². The minimum absolute atomic E-state index is 0.0178. The number of nitrogens with one attached hydrogen (secondary N) is 2. The molecule has 4 nitrogen and oxygen atoms in total. The molecule has 2 aromatic rings. The first-order chi connectivity index (χ1) is 13.0. The maximum Gasteiger partial charge on any atom is 0.226 e. The summed E-state index contributed by atoms with van der Waals surface area (Å²) >= 11 is 0. The van der Waals surface area contributed by atoms with Gasteiger partial charge in [0, 0.05) is 25.7 Å². The Bertz CT molecular complexity index is 784. The van der Waals surface area contributed by atoms with Gasteiger partial charge >= 0.3 is 0 Å². The van der Waals surface area contributed by atoms with Crippen LogP contribution in [0.1, 0.15) is 36.4 Å². The van der Waals surface area contributed by atoms with E-state index in [-0.39, 0.29) is 36.0 Å². The van der Waals surface area contributed by atoms with Gasteiger partial charge in [-0.3, -0.25) is 15.6 Å². The van der Waals surface area contributed by atoms with Gasteiger partial charge in [0.1, 0.15) is 11.6 Å². The second-order valence-electron chi connectivity index (χ2n) is 7.09. The van der Waals surface area contributed by atoms with Crippen LogP contribution in [0.3, 0.4) is 0 Å². The van der Waals surface area contributed by atoms with E-state index >= 15 is 0 Å². The highest BCUT2D eigenvalue weighted by Gasteiger charge is 2.25. The molecule has 0 saturated carbocycles. The zero-order valence-electron chi connectivity index (χ0n) is 15.4. The molecular formula is C21H25F2N3O. The standard InChI is InChI=1S/C21H25F2N3O/c1-26(21(27)12-15-5-2-7-17(22)11-15)10-4-9-19-14-20(25-24-19)16-6-3-8-18(23)13-16/h2-3,5-8,11,13,19-20,24-25H,4,9-10,12,14H2,1H3. The molecule has 1 amide bonds. The molecule has 1 aliphatic rings. The number of rotatable bonds is 7. The minimum atomic E-state index is -0.324. The number of benzene rings is 2. The summed E-state index contributed by atoms with van der Waals surface area (Å²) in [5, 5.41) is 0. The minimum Gasteiger partial charge on any atom is -0.345 e. The van der Waals surface area contributed by atoms with Crippen LogP contribution in [0.25, 0.3) is 0 Å². The largest absolute Gasteiger partial charge is 0.345 e. The Morgan fingerprint density at radius 2 is 1.85 bits per heavy atom. The van der Waals surface area contributed by atoms with Crippen LogP contribution >= 0.6 is 0 Å². The summed E-state index contributed by atoms with van der Waals surface area (Å²) in [5.74, 6) is -0.567. The van der Waals surface area contributed by atoms with Crippen molar-refractivity contribution in [3.05, 3.63) is 71.3 Å². The Hall–Kier alpha value is -2.31. The highest BCUT2D eigenvalue weighted by atomic mass is 19.1. The van der Waals surface area contributed by atoms with Crippen molar-refractivity contribution in [1.82, 2.24) is 15.8 Å². The molecule has 6 heteroatoms. The third kappa shape index (κ3) is 5.58. The number of hydrogen-bond donors (Lipinski definition) is 2. The molecule has 1 fully saturated rings. The van der Waals surface area contributed by atoms with Gasteiger partial charge in [-0.05, 0) is 54.7 Å². The Labute approximate surface area is 158 Å². The van der Waals surface area contributed by atoms with E-state index in [0.29, 0.717) is 12.1 Å². The average Bonchev–Trinajstić information content (AvgIpc) is 3.10. The van der Waals surface area contributed by atoms with Crippen LogP contribution in [0.15, 0.2) is 48.5 Å². The van der Waals surface area contributed by atoms with Gasteiger partial charge in [0.05, 0.1) is 6.42 Å².